The first-order valence-electron chi connectivity index (χ1n) is 12.0. The van der Waals surface area contributed by atoms with Crippen LogP contribution in [0.2, 0.25) is 13.6 Å². The van der Waals surface area contributed by atoms with Crippen LogP contribution in [-0.4, -0.2) is 13.4 Å². The van der Waals surface area contributed by atoms with Crippen molar-refractivity contribution in [2.24, 2.45) is 11.8 Å². The average Bonchev–Trinajstić information content (AvgIpc) is 3.44. The summed E-state index contributed by atoms with van der Waals surface area (Å²) in [5.41, 5.74) is 10.5. The first-order valence-corrected chi connectivity index (χ1v) is 13.7. The van der Waals surface area contributed by atoms with E-state index in [1.165, 1.54) is 47.1 Å². The predicted octanol–water partition coefficient (Wildman–Crippen LogP) is 7.13. The zero-order chi connectivity index (χ0) is 22.9. The molecular weight excluding hydrogens is 434 g/mol. The Balaban J connectivity index is 1.57. The van der Waals surface area contributed by atoms with Crippen molar-refractivity contribution in [3.8, 4) is 20.9 Å². The van der Waals surface area contributed by atoms with E-state index in [9.17, 15) is 0 Å². The van der Waals surface area contributed by atoms with Crippen molar-refractivity contribution in [2.75, 3.05) is 0 Å². The van der Waals surface area contributed by atoms with Gasteiger partial charge in [0.1, 0.15) is 0 Å². The van der Waals surface area contributed by atoms with E-state index in [0.717, 1.165) is 0 Å². The van der Waals surface area contributed by atoms with E-state index in [2.05, 4.69) is 101 Å². The Morgan fingerprint density at radius 1 is 0.788 bits per heavy atom. The van der Waals surface area contributed by atoms with E-state index in [1.807, 2.05) is 22.7 Å². The molecule has 3 heterocycles. The number of thiophene rings is 2. The van der Waals surface area contributed by atoms with E-state index in [1.54, 1.807) is 10.9 Å². The van der Waals surface area contributed by atoms with Crippen molar-refractivity contribution in [2.45, 2.75) is 34.4 Å². The Kier molecular flexibility index (Phi) is 5.08. The number of benzene rings is 1. The molecule has 0 nitrogen and oxygen atoms in total. The van der Waals surface area contributed by atoms with Crippen LogP contribution in [0.1, 0.15) is 16.7 Å². The lowest BCUT2D eigenvalue weighted by Crippen LogP contribution is -2.55. The fourth-order valence-corrected chi connectivity index (χ4v) is 7.99. The highest BCUT2D eigenvalue weighted by Crippen LogP contribution is 2.43. The minimum atomic E-state index is 0.417. The molecule has 0 saturated heterocycles. The van der Waals surface area contributed by atoms with Crippen LogP contribution >= 0.6 is 22.7 Å². The Bertz CT molecular complexity index is 1390. The van der Waals surface area contributed by atoms with E-state index >= 15 is 0 Å². The quantitative estimate of drug-likeness (QED) is 0.356. The zero-order valence-electron chi connectivity index (χ0n) is 20.0. The Hall–Kier alpha value is -2.29. The van der Waals surface area contributed by atoms with Gasteiger partial charge < -0.3 is 0 Å². The molecule has 162 valence electrons. The molecular formula is C29H28B2S2. The van der Waals surface area contributed by atoms with Gasteiger partial charge in [-0.1, -0.05) is 85.0 Å². The SMILES string of the molecule is CB1C2=C(B(C)c3cc(-c4ccc(C)s4)c(-c4ccc(C)s4)cc31)C(C)C1C=CC=CC1=C2. The molecule has 0 spiro atoms. The van der Waals surface area contributed by atoms with Gasteiger partial charge in [-0.15, -0.1) is 22.7 Å². The van der Waals surface area contributed by atoms with Gasteiger partial charge in [0.15, 0.2) is 6.71 Å². The van der Waals surface area contributed by atoms with Crippen LogP contribution in [0.5, 0.6) is 0 Å². The number of allylic oxidation sites excluding steroid dienone is 8. The molecule has 1 aromatic carbocycles. The lowest BCUT2D eigenvalue weighted by molar-refractivity contribution is 0.568. The highest BCUT2D eigenvalue weighted by atomic mass is 32.1. The predicted molar refractivity (Wildman–Crippen MR) is 151 cm³/mol. The molecule has 0 fully saturated rings. The topological polar surface area (TPSA) is 0 Å². The second-order valence-electron chi connectivity index (χ2n) is 9.90. The van der Waals surface area contributed by atoms with E-state index in [0.29, 0.717) is 25.3 Å². The van der Waals surface area contributed by atoms with Crippen molar-refractivity contribution in [3.63, 3.8) is 0 Å². The van der Waals surface area contributed by atoms with E-state index < -0.39 is 0 Å². The zero-order valence-corrected chi connectivity index (χ0v) is 21.6. The fraction of sp³-hybridized carbons (Fsp3) is 0.241. The van der Waals surface area contributed by atoms with Gasteiger partial charge in [-0.25, -0.2) is 0 Å². The van der Waals surface area contributed by atoms with Crippen LogP contribution in [-0.2, 0) is 0 Å². The highest BCUT2D eigenvalue weighted by Gasteiger charge is 2.40. The molecule has 1 aliphatic heterocycles. The molecule has 0 bridgehead atoms. The molecule has 4 heteroatoms. The largest absolute Gasteiger partial charge is 0.204 e. The lowest BCUT2D eigenvalue weighted by atomic mass is 9.23. The van der Waals surface area contributed by atoms with E-state index in [-0.39, 0.29) is 0 Å². The van der Waals surface area contributed by atoms with Crippen LogP contribution in [0, 0.1) is 25.7 Å². The van der Waals surface area contributed by atoms with Crippen molar-refractivity contribution in [3.05, 3.63) is 93.1 Å². The maximum absolute atomic E-state index is 2.54. The molecule has 6 rings (SSSR count). The molecule has 3 aromatic rings. The van der Waals surface area contributed by atoms with Crippen LogP contribution in [0.3, 0.4) is 0 Å². The molecule has 2 aliphatic carbocycles. The van der Waals surface area contributed by atoms with Gasteiger partial charge in [0, 0.05) is 25.4 Å². The van der Waals surface area contributed by atoms with Crippen LogP contribution in [0.4, 0.5) is 0 Å². The standard InChI is InChI=1S/C29H28B2S2/c1-17-10-12-27(32-17)22-15-24-25(16-23(22)28-13-11-18(2)33-28)31(5)29-19(3)21-9-7-6-8-20(21)14-26(29)30(24)4/h6-16,19,21H,1-5H3. The molecule has 0 N–H and O–H groups in total. The third-order valence-electron chi connectivity index (χ3n) is 7.89. The number of hydrogen-bond donors (Lipinski definition) is 0. The van der Waals surface area contributed by atoms with Crippen LogP contribution in [0.25, 0.3) is 20.9 Å². The van der Waals surface area contributed by atoms with Gasteiger partial charge in [-0.05, 0) is 60.7 Å². The summed E-state index contributed by atoms with van der Waals surface area (Å²) in [6.45, 7) is 12.6. The summed E-state index contributed by atoms with van der Waals surface area (Å²) in [5.74, 6) is 1.05. The third kappa shape index (κ3) is 3.33. The van der Waals surface area contributed by atoms with Gasteiger partial charge >= 0.3 is 0 Å². The Morgan fingerprint density at radius 2 is 1.39 bits per heavy atom. The van der Waals surface area contributed by atoms with Crippen LogP contribution in [0.15, 0.2) is 83.3 Å². The number of hydrogen-bond acceptors (Lipinski definition) is 2. The first kappa shape index (κ1) is 21.3. The lowest BCUT2D eigenvalue weighted by Gasteiger charge is -2.40. The van der Waals surface area contributed by atoms with Crippen molar-refractivity contribution < 1.29 is 0 Å². The van der Waals surface area contributed by atoms with Gasteiger partial charge in [0.2, 0.25) is 6.71 Å². The molecule has 2 aromatic heterocycles. The molecule has 0 saturated carbocycles. The molecule has 33 heavy (non-hydrogen) atoms. The summed E-state index contributed by atoms with van der Waals surface area (Å²) in [5, 5.41) is 0. The first-order chi connectivity index (χ1) is 15.9. The maximum Gasteiger partial charge on any atom is 0.204 e. The Labute approximate surface area is 206 Å². The van der Waals surface area contributed by atoms with Gasteiger partial charge in [-0.3, -0.25) is 0 Å². The molecule has 3 aliphatic rings. The van der Waals surface area contributed by atoms with E-state index in [4.69, 9.17) is 0 Å². The monoisotopic (exact) mass is 462 g/mol. The normalized spacial score (nSPS) is 21.2. The minimum Gasteiger partial charge on any atom is -0.141 e. The summed E-state index contributed by atoms with van der Waals surface area (Å²) in [4.78, 5) is 5.51. The van der Waals surface area contributed by atoms with Crippen molar-refractivity contribution in [1.29, 1.82) is 0 Å². The molecule has 2 atom stereocenters. The van der Waals surface area contributed by atoms with Gasteiger partial charge in [-0.2, -0.15) is 0 Å². The average molecular weight is 462 g/mol. The second-order valence-corrected chi connectivity index (χ2v) is 12.5. The summed E-state index contributed by atoms with van der Waals surface area (Å²) >= 11 is 3.82. The molecule has 0 radical (unpaired) electrons. The number of rotatable bonds is 2. The maximum atomic E-state index is 2.54. The van der Waals surface area contributed by atoms with Gasteiger partial charge in [0.25, 0.3) is 0 Å². The summed E-state index contributed by atoms with van der Waals surface area (Å²) in [7, 11) is 0. The summed E-state index contributed by atoms with van der Waals surface area (Å²) in [6, 6.07) is 14.2. The summed E-state index contributed by atoms with van der Waals surface area (Å²) < 4.78 is 0. The van der Waals surface area contributed by atoms with Crippen molar-refractivity contribution >= 4 is 47.0 Å². The molecule has 0 amide bonds. The summed E-state index contributed by atoms with van der Waals surface area (Å²) in [6.07, 6.45) is 11.6. The van der Waals surface area contributed by atoms with Gasteiger partial charge in [0.05, 0.1) is 0 Å². The van der Waals surface area contributed by atoms with Crippen LogP contribution < -0.4 is 10.9 Å². The smallest absolute Gasteiger partial charge is 0.141 e. The number of aryl methyl sites for hydroxylation is 2. The minimum absolute atomic E-state index is 0.417. The molecule has 2 unspecified atom stereocenters. The second kappa shape index (κ2) is 7.89. The van der Waals surface area contributed by atoms with Crippen molar-refractivity contribution in [1.82, 2.24) is 0 Å². The highest BCUT2D eigenvalue weighted by molar-refractivity contribution is 7.16. The third-order valence-corrected chi connectivity index (χ3v) is 9.96. The number of fused-ring (bicyclic) bond motifs is 2. The fourth-order valence-electron chi connectivity index (χ4n) is 6.20. The Morgan fingerprint density at radius 3 is 1.97 bits per heavy atom.